The summed E-state index contributed by atoms with van der Waals surface area (Å²) in [6.45, 7) is 13.8. The maximum atomic E-state index is 3.77. The summed E-state index contributed by atoms with van der Waals surface area (Å²) in [5.41, 5.74) is 3.72. The third-order valence-corrected chi connectivity index (χ3v) is 1.94. The molecule has 0 aromatic carbocycles. The van der Waals surface area contributed by atoms with Gasteiger partial charge < -0.3 is 0 Å². The third-order valence-electron chi connectivity index (χ3n) is 1.94. The van der Waals surface area contributed by atoms with Crippen LogP contribution >= 0.6 is 0 Å². The van der Waals surface area contributed by atoms with Crippen LogP contribution in [0.4, 0.5) is 0 Å². The van der Waals surface area contributed by atoms with E-state index >= 15 is 0 Å². The van der Waals surface area contributed by atoms with Crippen LogP contribution in [0.1, 0.15) is 27.2 Å². The fourth-order valence-corrected chi connectivity index (χ4v) is 0.819. The van der Waals surface area contributed by atoms with Gasteiger partial charge >= 0.3 is 0 Å². The van der Waals surface area contributed by atoms with Crippen molar-refractivity contribution in [1.82, 2.24) is 0 Å². The van der Waals surface area contributed by atoms with Crippen LogP contribution in [0, 0.1) is 0 Å². The van der Waals surface area contributed by atoms with Crippen LogP contribution in [0.15, 0.2) is 48.1 Å². The Kier molecular flexibility index (Phi) is 5.11. The molecule has 0 saturated carbocycles. The zero-order chi connectivity index (χ0) is 9.56. The van der Waals surface area contributed by atoms with Gasteiger partial charge in [-0.2, -0.15) is 0 Å². The van der Waals surface area contributed by atoms with Crippen molar-refractivity contribution >= 4 is 0 Å². The highest BCUT2D eigenvalue weighted by atomic mass is 14.0. The minimum Gasteiger partial charge on any atom is -0.0988 e. The average molecular weight is 162 g/mol. The molecule has 0 aliphatic rings. The van der Waals surface area contributed by atoms with E-state index in [1.807, 2.05) is 19.1 Å². The second-order valence-electron chi connectivity index (χ2n) is 2.89. The minimum atomic E-state index is 1.09. The van der Waals surface area contributed by atoms with Crippen molar-refractivity contribution in [3.8, 4) is 0 Å². The molecule has 0 unspecified atom stereocenters. The van der Waals surface area contributed by atoms with E-state index < -0.39 is 0 Å². The van der Waals surface area contributed by atoms with Gasteiger partial charge in [0.05, 0.1) is 0 Å². The van der Waals surface area contributed by atoms with E-state index in [1.165, 1.54) is 16.7 Å². The average Bonchev–Trinajstić information content (AvgIpc) is 2.12. The van der Waals surface area contributed by atoms with E-state index in [1.54, 1.807) is 0 Å². The van der Waals surface area contributed by atoms with Gasteiger partial charge in [0.1, 0.15) is 0 Å². The van der Waals surface area contributed by atoms with Gasteiger partial charge in [-0.1, -0.05) is 43.9 Å². The van der Waals surface area contributed by atoms with Crippen molar-refractivity contribution < 1.29 is 0 Å². The molecule has 0 fully saturated rings. The molecular weight excluding hydrogens is 144 g/mol. The zero-order valence-electron chi connectivity index (χ0n) is 8.35. The quantitative estimate of drug-likeness (QED) is 0.547. The molecule has 0 atom stereocenters. The normalized spacial score (nSPS) is 13.8. The predicted octanol–water partition coefficient (Wildman–Crippen LogP) is 4.03. The first-order valence-electron chi connectivity index (χ1n) is 4.28. The smallest absolute Gasteiger partial charge is 0.0234 e. The van der Waals surface area contributed by atoms with Crippen LogP contribution in [0.3, 0.4) is 0 Å². The second kappa shape index (κ2) is 5.59. The molecular formula is C12H18. The van der Waals surface area contributed by atoms with Gasteiger partial charge in [0.15, 0.2) is 0 Å². The highest BCUT2D eigenvalue weighted by Gasteiger charge is 1.91. The Bertz CT molecular complexity index is 226. The molecule has 0 rings (SSSR count). The monoisotopic (exact) mass is 162 g/mol. The van der Waals surface area contributed by atoms with Crippen molar-refractivity contribution in [2.75, 3.05) is 0 Å². The van der Waals surface area contributed by atoms with Crippen LogP contribution in [0.5, 0.6) is 0 Å². The summed E-state index contributed by atoms with van der Waals surface area (Å²) >= 11 is 0. The molecule has 0 spiro atoms. The molecule has 0 bridgehead atoms. The molecule has 0 aliphatic heterocycles. The highest BCUT2D eigenvalue weighted by Crippen LogP contribution is 2.11. The Morgan fingerprint density at radius 1 is 1.17 bits per heavy atom. The minimum absolute atomic E-state index is 1.09. The molecule has 0 aromatic rings. The van der Waals surface area contributed by atoms with Crippen LogP contribution < -0.4 is 0 Å². The van der Waals surface area contributed by atoms with E-state index in [0.29, 0.717) is 0 Å². The fourth-order valence-electron chi connectivity index (χ4n) is 0.819. The summed E-state index contributed by atoms with van der Waals surface area (Å²) in [6, 6.07) is 0. The maximum absolute atomic E-state index is 3.77. The molecule has 0 heteroatoms. The van der Waals surface area contributed by atoms with Gasteiger partial charge in [-0.15, -0.1) is 0 Å². The molecule has 0 N–H and O–H groups in total. The Morgan fingerprint density at radius 3 is 2.08 bits per heavy atom. The summed E-state index contributed by atoms with van der Waals surface area (Å²) < 4.78 is 0. The fraction of sp³-hybridized carbons (Fsp3) is 0.333. The molecule has 0 nitrogen and oxygen atoms in total. The Morgan fingerprint density at radius 2 is 1.75 bits per heavy atom. The summed E-state index contributed by atoms with van der Waals surface area (Å²) in [7, 11) is 0. The first-order chi connectivity index (χ1) is 5.65. The van der Waals surface area contributed by atoms with E-state index in [4.69, 9.17) is 0 Å². The number of allylic oxidation sites excluding steroid dienone is 6. The van der Waals surface area contributed by atoms with Gasteiger partial charge in [0.2, 0.25) is 0 Å². The summed E-state index contributed by atoms with van der Waals surface area (Å²) in [5, 5.41) is 0. The lowest BCUT2D eigenvalue weighted by Crippen LogP contribution is -1.80. The first kappa shape index (κ1) is 11.0. The predicted molar refractivity (Wildman–Crippen MR) is 57.1 cm³/mol. The van der Waals surface area contributed by atoms with Gasteiger partial charge in [0.25, 0.3) is 0 Å². The largest absolute Gasteiger partial charge is 0.0988 e. The molecule has 0 aliphatic carbocycles. The van der Waals surface area contributed by atoms with E-state index in [0.717, 1.165) is 6.42 Å². The molecule has 0 saturated heterocycles. The Hall–Kier alpha value is -1.04. The van der Waals surface area contributed by atoms with E-state index in [2.05, 4.69) is 33.1 Å². The molecule has 0 aromatic heterocycles. The topological polar surface area (TPSA) is 0 Å². The summed E-state index contributed by atoms with van der Waals surface area (Å²) in [4.78, 5) is 0. The van der Waals surface area contributed by atoms with Crippen molar-refractivity contribution in [1.29, 1.82) is 0 Å². The highest BCUT2D eigenvalue weighted by molar-refractivity contribution is 5.39. The second-order valence-corrected chi connectivity index (χ2v) is 2.89. The Balaban J connectivity index is 4.81. The molecule has 0 heterocycles. The van der Waals surface area contributed by atoms with E-state index in [-0.39, 0.29) is 0 Å². The van der Waals surface area contributed by atoms with Gasteiger partial charge in [-0.3, -0.25) is 0 Å². The first-order valence-corrected chi connectivity index (χ1v) is 4.28. The Labute approximate surface area is 76.0 Å². The van der Waals surface area contributed by atoms with Crippen LogP contribution in [0.2, 0.25) is 0 Å². The van der Waals surface area contributed by atoms with Gasteiger partial charge in [-0.05, 0) is 31.4 Å². The van der Waals surface area contributed by atoms with Gasteiger partial charge in [0, 0.05) is 0 Å². The number of hydrogen-bond donors (Lipinski definition) is 0. The van der Waals surface area contributed by atoms with Crippen LogP contribution in [0.25, 0.3) is 0 Å². The lowest BCUT2D eigenvalue weighted by Gasteiger charge is -2.00. The maximum Gasteiger partial charge on any atom is -0.0234 e. The third kappa shape index (κ3) is 3.38. The zero-order valence-corrected chi connectivity index (χ0v) is 8.35. The molecule has 0 amide bonds. The number of hydrogen-bond acceptors (Lipinski definition) is 0. The van der Waals surface area contributed by atoms with Crippen molar-refractivity contribution in [3.63, 3.8) is 0 Å². The van der Waals surface area contributed by atoms with Crippen molar-refractivity contribution in [3.05, 3.63) is 48.1 Å². The summed E-state index contributed by atoms with van der Waals surface area (Å²) in [5.74, 6) is 0. The standard InChI is InChI=1S/C12H18/c1-6-10(4)9-12(8-3)11(5)7-2/h7-9H,2-3,6H2,1,4-5H3/b10-9-,12-11+. The number of rotatable bonds is 4. The van der Waals surface area contributed by atoms with E-state index in [9.17, 15) is 0 Å². The molecule has 66 valence electrons. The van der Waals surface area contributed by atoms with Crippen molar-refractivity contribution in [2.24, 2.45) is 0 Å². The summed E-state index contributed by atoms with van der Waals surface area (Å²) in [6.07, 6.45) is 6.97. The van der Waals surface area contributed by atoms with Crippen molar-refractivity contribution in [2.45, 2.75) is 27.2 Å². The lowest BCUT2D eigenvalue weighted by molar-refractivity contribution is 1.09. The lowest BCUT2D eigenvalue weighted by atomic mass is 10.1. The molecule has 0 radical (unpaired) electrons. The SMILES string of the molecule is C=C/C(C)=C(C=C)/C=C(/C)CC. The molecule has 12 heavy (non-hydrogen) atoms. The van der Waals surface area contributed by atoms with Crippen LogP contribution in [-0.4, -0.2) is 0 Å². The van der Waals surface area contributed by atoms with Gasteiger partial charge in [-0.25, -0.2) is 0 Å². The van der Waals surface area contributed by atoms with Crippen LogP contribution in [-0.2, 0) is 0 Å².